The van der Waals surface area contributed by atoms with E-state index in [1.807, 2.05) is 17.8 Å². The molecule has 0 saturated heterocycles. The predicted octanol–water partition coefficient (Wildman–Crippen LogP) is 4.48. The van der Waals surface area contributed by atoms with Crippen LogP contribution >= 0.6 is 27.7 Å². The van der Waals surface area contributed by atoms with Crippen molar-refractivity contribution in [2.45, 2.75) is 25.7 Å². The van der Waals surface area contributed by atoms with E-state index in [0.29, 0.717) is 11.3 Å². The van der Waals surface area contributed by atoms with Crippen molar-refractivity contribution in [3.63, 3.8) is 0 Å². The first-order valence-electron chi connectivity index (χ1n) is 6.41. The number of unbranched alkanes of at least 4 members (excludes halogenated alkanes) is 3. The van der Waals surface area contributed by atoms with E-state index in [1.165, 1.54) is 25.0 Å². The lowest BCUT2D eigenvalue weighted by atomic mass is 10.1. The smallest absolute Gasteiger partial charge is 0.337 e. The van der Waals surface area contributed by atoms with Gasteiger partial charge in [-0.1, -0.05) is 28.8 Å². The topological polar surface area (TPSA) is 49.3 Å². The van der Waals surface area contributed by atoms with Crippen LogP contribution in [0.3, 0.4) is 0 Å². The molecule has 0 aliphatic rings. The van der Waals surface area contributed by atoms with E-state index in [0.717, 1.165) is 17.4 Å². The van der Waals surface area contributed by atoms with Crippen LogP contribution in [0.5, 0.6) is 0 Å². The van der Waals surface area contributed by atoms with Gasteiger partial charge in [-0.15, -0.1) is 0 Å². The number of hydrogen-bond acceptors (Lipinski definition) is 3. The van der Waals surface area contributed by atoms with Gasteiger partial charge in [0.15, 0.2) is 0 Å². The van der Waals surface area contributed by atoms with Crippen LogP contribution in [0.2, 0.25) is 0 Å². The van der Waals surface area contributed by atoms with E-state index in [2.05, 4.69) is 27.5 Å². The summed E-state index contributed by atoms with van der Waals surface area (Å²) in [5, 5.41) is 12.3. The Morgan fingerprint density at radius 1 is 1.32 bits per heavy atom. The summed E-state index contributed by atoms with van der Waals surface area (Å²) in [4.78, 5) is 11.1. The summed E-state index contributed by atoms with van der Waals surface area (Å²) < 4.78 is 0.785. The zero-order valence-corrected chi connectivity index (χ0v) is 13.5. The predicted molar refractivity (Wildman–Crippen MR) is 86.4 cm³/mol. The van der Waals surface area contributed by atoms with Gasteiger partial charge in [0.1, 0.15) is 0 Å². The van der Waals surface area contributed by atoms with Gasteiger partial charge < -0.3 is 10.4 Å². The molecule has 0 aliphatic heterocycles. The van der Waals surface area contributed by atoms with E-state index >= 15 is 0 Å². The van der Waals surface area contributed by atoms with Gasteiger partial charge in [0, 0.05) is 16.7 Å². The Morgan fingerprint density at radius 2 is 2.05 bits per heavy atom. The van der Waals surface area contributed by atoms with Crippen LogP contribution < -0.4 is 5.32 Å². The van der Waals surface area contributed by atoms with Crippen molar-refractivity contribution in [1.29, 1.82) is 0 Å². The normalized spacial score (nSPS) is 10.4. The standard InChI is InChI=1S/C14H20BrNO2S/c1-19-9-5-3-2-4-8-16-13-7-6-11(15)10-12(13)14(17)18/h6-7,10,16H,2-5,8-9H2,1H3,(H,17,18). The SMILES string of the molecule is CSCCCCCCNc1ccc(Br)cc1C(=O)O. The Labute approximate surface area is 127 Å². The first kappa shape index (κ1) is 16.4. The second kappa shape index (κ2) is 9.26. The molecule has 0 saturated carbocycles. The van der Waals surface area contributed by atoms with E-state index in [-0.39, 0.29) is 0 Å². The molecule has 0 radical (unpaired) electrons. The molecule has 0 atom stereocenters. The molecule has 2 N–H and O–H groups in total. The summed E-state index contributed by atoms with van der Waals surface area (Å²) in [6, 6.07) is 5.29. The summed E-state index contributed by atoms with van der Waals surface area (Å²) in [6.07, 6.45) is 6.90. The largest absolute Gasteiger partial charge is 0.478 e. The number of hydrogen-bond donors (Lipinski definition) is 2. The van der Waals surface area contributed by atoms with Crippen LogP contribution in [0.25, 0.3) is 0 Å². The molecule has 1 rings (SSSR count). The zero-order chi connectivity index (χ0) is 14.1. The number of benzene rings is 1. The lowest BCUT2D eigenvalue weighted by molar-refractivity contribution is 0.0698. The third kappa shape index (κ3) is 6.34. The average Bonchev–Trinajstić information content (AvgIpc) is 2.39. The Hall–Kier alpha value is -0.680. The number of halogens is 1. The van der Waals surface area contributed by atoms with E-state index in [1.54, 1.807) is 12.1 Å². The molecule has 0 heterocycles. The maximum Gasteiger partial charge on any atom is 0.337 e. The van der Waals surface area contributed by atoms with Crippen LogP contribution in [-0.2, 0) is 0 Å². The van der Waals surface area contributed by atoms with Crippen LogP contribution in [0.15, 0.2) is 22.7 Å². The van der Waals surface area contributed by atoms with Gasteiger partial charge >= 0.3 is 5.97 Å². The lowest BCUT2D eigenvalue weighted by Crippen LogP contribution is -2.07. The highest BCUT2D eigenvalue weighted by atomic mass is 79.9. The zero-order valence-electron chi connectivity index (χ0n) is 11.1. The summed E-state index contributed by atoms with van der Waals surface area (Å²) in [5.74, 6) is 0.326. The molecule has 0 amide bonds. The first-order valence-corrected chi connectivity index (χ1v) is 8.59. The maximum absolute atomic E-state index is 11.1. The monoisotopic (exact) mass is 345 g/mol. The Kier molecular flexibility index (Phi) is 7.98. The fourth-order valence-corrected chi connectivity index (χ4v) is 2.65. The van der Waals surface area contributed by atoms with Crippen molar-refractivity contribution in [1.82, 2.24) is 0 Å². The van der Waals surface area contributed by atoms with Gasteiger partial charge in [-0.05, 0) is 43.0 Å². The molecule has 0 unspecified atom stereocenters. The summed E-state index contributed by atoms with van der Waals surface area (Å²) in [7, 11) is 0. The third-order valence-corrected chi connectivity index (χ3v) is 3.99. The molecule has 1 aromatic rings. The number of carbonyl (C=O) groups is 1. The number of anilines is 1. The highest BCUT2D eigenvalue weighted by Gasteiger charge is 2.09. The molecule has 0 aliphatic carbocycles. The molecule has 19 heavy (non-hydrogen) atoms. The minimum Gasteiger partial charge on any atom is -0.478 e. The van der Waals surface area contributed by atoms with Crippen LogP contribution in [-0.4, -0.2) is 29.6 Å². The van der Waals surface area contributed by atoms with Gasteiger partial charge in [0.05, 0.1) is 5.56 Å². The van der Waals surface area contributed by atoms with E-state index in [9.17, 15) is 4.79 Å². The molecule has 0 spiro atoms. The minimum atomic E-state index is -0.899. The molecule has 106 valence electrons. The van der Waals surface area contributed by atoms with Gasteiger partial charge in [-0.3, -0.25) is 0 Å². The molecule has 0 bridgehead atoms. The quantitative estimate of drug-likeness (QED) is 0.647. The fraction of sp³-hybridized carbons (Fsp3) is 0.500. The van der Waals surface area contributed by atoms with Gasteiger partial charge in [0.2, 0.25) is 0 Å². The first-order chi connectivity index (χ1) is 9.15. The Balaban J connectivity index is 2.35. The van der Waals surface area contributed by atoms with Crippen LogP contribution in [0, 0.1) is 0 Å². The number of rotatable bonds is 9. The maximum atomic E-state index is 11.1. The molecule has 3 nitrogen and oxygen atoms in total. The number of carboxylic acid groups (broad SMARTS) is 1. The molecule has 1 aromatic carbocycles. The minimum absolute atomic E-state index is 0.316. The van der Waals surface area contributed by atoms with Crippen molar-refractivity contribution in [3.8, 4) is 0 Å². The second-order valence-electron chi connectivity index (χ2n) is 4.33. The highest BCUT2D eigenvalue weighted by Crippen LogP contribution is 2.21. The second-order valence-corrected chi connectivity index (χ2v) is 6.23. The molecular weight excluding hydrogens is 326 g/mol. The van der Waals surface area contributed by atoms with E-state index < -0.39 is 5.97 Å². The number of nitrogens with one attached hydrogen (secondary N) is 1. The third-order valence-electron chi connectivity index (χ3n) is 2.80. The number of thioether (sulfide) groups is 1. The van der Waals surface area contributed by atoms with E-state index in [4.69, 9.17) is 5.11 Å². The highest BCUT2D eigenvalue weighted by molar-refractivity contribution is 9.10. The summed E-state index contributed by atoms with van der Waals surface area (Å²) >= 11 is 5.17. The van der Waals surface area contributed by atoms with Crippen molar-refractivity contribution in [2.75, 3.05) is 23.9 Å². The van der Waals surface area contributed by atoms with Crippen molar-refractivity contribution >= 4 is 39.3 Å². The van der Waals surface area contributed by atoms with Crippen LogP contribution in [0.4, 0.5) is 5.69 Å². The van der Waals surface area contributed by atoms with Gasteiger partial charge in [-0.25, -0.2) is 4.79 Å². The summed E-state index contributed by atoms with van der Waals surface area (Å²) in [5.41, 5.74) is 1.01. The number of carboxylic acids is 1. The Bertz CT molecular complexity index is 412. The van der Waals surface area contributed by atoms with Crippen LogP contribution in [0.1, 0.15) is 36.0 Å². The van der Waals surface area contributed by atoms with Crippen molar-refractivity contribution in [2.24, 2.45) is 0 Å². The number of aromatic carboxylic acids is 1. The molecule has 5 heteroatoms. The lowest BCUT2D eigenvalue weighted by Gasteiger charge is -2.09. The van der Waals surface area contributed by atoms with Gasteiger partial charge in [0.25, 0.3) is 0 Å². The fourth-order valence-electron chi connectivity index (χ4n) is 1.80. The van der Waals surface area contributed by atoms with Gasteiger partial charge in [-0.2, -0.15) is 11.8 Å². The van der Waals surface area contributed by atoms with Crippen molar-refractivity contribution in [3.05, 3.63) is 28.2 Å². The molecule has 0 fully saturated rings. The molecular formula is C14H20BrNO2S. The Morgan fingerprint density at radius 3 is 2.74 bits per heavy atom. The average molecular weight is 346 g/mol. The van der Waals surface area contributed by atoms with Crippen molar-refractivity contribution < 1.29 is 9.90 Å². The molecule has 0 aromatic heterocycles. The summed E-state index contributed by atoms with van der Waals surface area (Å²) in [6.45, 7) is 0.821.